The van der Waals surface area contributed by atoms with Crippen molar-refractivity contribution in [1.82, 2.24) is 4.57 Å². The molecule has 1 atom stereocenters. The Hall–Kier alpha value is -7.29. The average Bonchev–Trinajstić information content (AvgIpc) is 3.93. The summed E-state index contributed by atoms with van der Waals surface area (Å²) in [6, 6.07) is 68.0. The van der Waals surface area contributed by atoms with Crippen molar-refractivity contribution in [2.45, 2.75) is 51.0 Å². The monoisotopic (exact) mass is 805 g/mol. The maximum absolute atomic E-state index is 2.57. The van der Waals surface area contributed by atoms with Gasteiger partial charge in [-0.05, 0) is 139 Å². The van der Waals surface area contributed by atoms with E-state index in [0.717, 1.165) is 19.3 Å². The molecule has 8 aromatic carbocycles. The maximum Gasteiger partial charge on any atom is 0.213 e. The zero-order valence-corrected chi connectivity index (χ0v) is 35.8. The van der Waals surface area contributed by atoms with Gasteiger partial charge in [0.05, 0.1) is 27.7 Å². The molecule has 0 fully saturated rings. The Bertz CT molecular complexity index is 3650. The second-order valence-electron chi connectivity index (χ2n) is 18.6. The third kappa shape index (κ3) is 4.46. The number of hydrogen-bond acceptors (Lipinski definition) is 0. The number of aromatic nitrogens is 2. The van der Waals surface area contributed by atoms with Gasteiger partial charge in [0.15, 0.2) is 11.7 Å². The molecular weight excluding hydrogens is 761 g/mol. The quantitative estimate of drug-likeness (QED) is 0.157. The summed E-state index contributed by atoms with van der Waals surface area (Å²) in [5.74, 6) is 0. The van der Waals surface area contributed by atoms with Gasteiger partial charge in [-0.1, -0.05) is 129 Å². The Balaban J connectivity index is 0.990. The van der Waals surface area contributed by atoms with Crippen LogP contribution in [0.2, 0.25) is 0 Å². The highest BCUT2D eigenvalue weighted by atomic mass is 15.1. The second kappa shape index (κ2) is 12.4. The first-order chi connectivity index (χ1) is 31.0. The second-order valence-corrected chi connectivity index (χ2v) is 18.6. The number of hydrogen-bond donors (Lipinski definition) is 0. The molecule has 2 heteroatoms. The van der Waals surface area contributed by atoms with Gasteiger partial charge < -0.3 is 4.57 Å². The van der Waals surface area contributed by atoms with Crippen LogP contribution in [0.1, 0.15) is 60.1 Å². The van der Waals surface area contributed by atoms with E-state index >= 15 is 0 Å². The molecule has 2 nitrogen and oxygen atoms in total. The smallest absolute Gasteiger partial charge is 0.213 e. The molecule has 10 aromatic rings. The normalized spacial score (nSPS) is 16.4. The van der Waals surface area contributed by atoms with Crippen molar-refractivity contribution in [2.75, 3.05) is 0 Å². The van der Waals surface area contributed by atoms with Crippen molar-refractivity contribution in [1.29, 1.82) is 0 Å². The van der Waals surface area contributed by atoms with E-state index in [9.17, 15) is 0 Å². The minimum Gasteiger partial charge on any atom is -0.309 e. The van der Waals surface area contributed by atoms with Crippen LogP contribution in [0.5, 0.6) is 0 Å². The van der Waals surface area contributed by atoms with Crippen LogP contribution in [0.4, 0.5) is 0 Å². The molecule has 0 saturated heterocycles. The van der Waals surface area contributed by atoms with Gasteiger partial charge >= 0.3 is 0 Å². The maximum atomic E-state index is 2.57. The topological polar surface area (TPSA) is 8.81 Å². The molecular formula is C61H45N2+. The predicted octanol–water partition coefficient (Wildman–Crippen LogP) is 14.8. The van der Waals surface area contributed by atoms with Crippen LogP contribution in [0, 0.1) is 6.92 Å². The Kier molecular flexibility index (Phi) is 6.97. The van der Waals surface area contributed by atoms with E-state index in [4.69, 9.17) is 0 Å². The summed E-state index contributed by atoms with van der Waals surface area (Å²) in [7, 11) is 0. The zero-order valence-electron chi connectivity index (χ0n) is 35.8. The highest BCUT2D eigenvalue weighted by Crippen LogP contribution is 2.64. The summed E-state index contributed by atoms with van der Waals surface area (Å²) in [4.78, 5) is 0. The van der Waals surface area contributed by atoms with Gasteiger partial charge in [0.2, 0.25) is 5.69 Å². The van der Waals surface area contributed by atoms with E-state index in [-0.39, 0.29) is 5.54 Å². The number of nitrogens with zero attached hydrogens (tertiary/aromatic N) is 2. The number of para-hydroxylation sites is 1. The summed E-state index contributed by atoms with van der Waals surface area (Å²) < 4.78 is 5.11. The lowest BCUT2D eigenvalue weighted by molar-refractivity contribution is -0.758. The van der Waals surface area contributed by atoms with E-state index < -0.39 is 5.41 Å². The summed E-state index contributed by atoms with van der Waals surface area (Å²) in [6.07, 6.45) is 5.59. The molecule has 298 valence electrons. The van der Waals surface area contributed by atoms with Crippen LogP contribution >= 0.6 is 0 Å². The third-order valence-electron chi connectivity index (χ3n) is 15.8. The molecule has 1 spiro atoms. The molecule has 2 aromatic heterocycles. The van der Waals surface area contributed by atoms with Gasteiger partial charge in [-0.15, -0.1) is 0 Å². The summed E-state index contributed by atoms with van der Waals surface area (Å²) >= 11 is 0. The van der Waals surface area contributed by atoms with Crippen molar-refractivity contribution in [2.24, 2.45) is 0 Å². The highest BCUT2D eigenvalue weighted by molar-refractivity contribution is 6.14. The summed E-state index contributed by atoms with van der Waals surface area (Å²) in [6.45, 7) is 6.92. The van der Waals surface area contributed by atoms with Crippen LogP contribution in [-0.4, -0.2) is 4.57 Å². The molecule has 4 heterocycles. The lowest BCUT2D eigenvalue weighted by atomic mass is 9.70. The first kappa shape index (κ1) is 35.3. The SMILES string of the molecule is CCC1(CC)Cc2ccc(-c3cccc(-c4ccc5c(c4)c4cc6c7cc4n5-c4ccccc4-c4ccc5c(c4)C7(c4ccccc4-6)c4cc(C)ccc4-5)c3)cc2-c2cccc[n+]21. The van der Waals surface area contributed by atoms with Gasteiger partial charge in [-0.25, -0.2) is 0 Å². The van der Waals surface area contributed by atoms with Gasteiger partial charge in [0.25, 0.3) is 0 Å². The molecule has 0 N–H and O–H groups in total. The molecule has 0 amide bonds. The van der Waals surface area contributed by atoms with Gasteiger partial charge in [-0.3, -0.25) is 0 Å². The van der Waals surface area contributed by atoms with Gasteiger partial charge in [0, 0.05) is 47.7 Å². The molecule has 0 saturated carbocycles. The fourth-order valence-electron chi connectivity index (χ4n) is 12.7. The van der Waals surface area contributed by atoms with Crippen molar-refractivity contribution in [3.63, 3.8) is 0 Å². The van der Waals surface area contributed by atoms with E-state index in [1.54, 1.807) is 0 Å². The Morgan fingerprint density at radius 2 is 1.13 bits per heavy atom. The molecule has 14 rings (SSSR count). The van der Waals surface area contributed by atoms with Crippen LogP contribution in [0.25, 0.3) is 94.4 Å². The summed E-state index contributed by atoms with van der Waals surface area (Å²) in [5, 5.41) is 2.56. The van der Waals surface area contributed by atoms with Crippen LogP contribution in [0.3, 0.4) is 0 Å². The first-order valence-electron chi connectivity index (χ1n) is 22.8. The molecule has 4 aliphatic rings. The average molecular weight is 806 g/mol. The van der Waals surface area contributed by atoms with Crippen LogP contribution < -0.4 is 4.57 Å². The molecule has 63 heavy (non-hydrogen) atoms. The van der Waals surface area contributed by atoms with Gasteiger partial charge in [0.1, 0.15) is 0 Å². The standard InChI is InChI=1S/C61H45N2/c1-4-60(5-2)36-43-22-21-40(31-48(43)56-18-10-11-28-62(56)60)38-13-12-14-39(30-38)41-24-27-58-50(32-41)51-34-49-45-16-6-8-17-52(45)61-53-29-37(3)20-25-46(53)47-26-23-42(33-54(47)61)44-15-7-9-19-57(44)63(58)59(51)35-55(49)61/h6-35H,4-5,36H2,1-3H3/q+1. The third-order valence-corrected chi connectivity index (χ3v) is 15.8. The van der Waals surface area contributed by atoms with Crippen LogP contribution in [0.15, 0.2) is 182 Å². The summed E-state index contributed by atoms with van der Waals surface area (Å²) in [5.41, 5.74) is 27.2. The lowest BCUT2D eigenvalue weighted by Gasteiger charge is -2.33. The number of rotatable bonds is 4. The molecule has 4 bridgehead atoms. The highest BCUT2D eigenvalue weighted by Gasteiger charge is 2.52. The van der Waals surface area contributed by atoms with Crippen molar-refractivity contribution < 1.29 is 4.57 Å². The van der Waals surface area contributed by atoms with Crippen molar-refractivity contribution in [3.8, 4) is 72.6 Å². The molecule has 2 aliphatic carbocycles. The molecule has 0 radical (unpaired) electrons. The van der Waals surface area contributed by atoms with Crippen LogP contribution in [-0.2, 0) is 17.4 Å². The van der Waals surface area contributed by atoms with Crippen molar-refractivity contribution in [3.05, 3.63) is 216 Å². The number of aryl methyl sites for hydroxylation is 1. The zero-order chi connectivity index (χ0) is 41.8. The largest absolute Gasteiger partial charge is 0.309 e. The van der Waals surface area contributed by atoms with Crippen molar-refractivity contribution >= 4 is 21.8 Å². The van der Waals surface area contributed by atoms with E-state index in [2.05, 4.69) is 212 Å². The first-order valence-corrected chi connectivity index (χ1v) is 22.8. The Morgan fingerprint density at radius 3 is 1.98 bits per heavy atom. The number of benzene rings is 8. The fourth-order valence-corrected chi connectivity index (χ4v) is 12.7. The number of pyridine rings is 1. The predicted molar refractivity (Wildman–Crippen MR) is 260 cm³/mol. The molecule has 1 unspecified atom stereocenters. The Morgan fingerprint density at radius 1 is 0.460 bits per heavy atom. The lowest BCUT2D eigenvalue weighted by Crippen LogP contribution is -2.60. The number of fused-ring (bicyclic) bond motifs is 14. The fraction of sp³-hybridized carbons (Fsp3) is 0.131. The molecule has 2 aliphatic heterocycles. The van der Waals surface area contributed by atoms with E-state index in [1.165, 1.54) is 128 Å². The van der Waals surface area contributed by atoms with E-state index in [0.29, 0.717) is 0 Å². The Labute approximate surface area is 368 Å². The minimum atomic E-state index is -0.404. The minimum absolute atomic E-state index is 0.116. The van der Waals surface area contributed by atoms with E-state index in [1.807, 2.05) is 0 Å². The van der Waals surface area contributed by atoms with Gasteiger partial charge in [-0.2, -0.15) is 4.57 Å².